The standard InChI is InChI=1S/C11H14N4O2/c1-11(2,3)15-6-7(4-13-15)9-8(10(16)17)5-12-14-9/h4-6H,1-3H3,(H,12,14)(H,16,17). The summed E-state index contributed by atoms with van der Waals surface area (Å²) in [5.41, 5.74) is 1.21. The minimum atomic E-state index is -1.00. The van der Waals surface area contributed by atoms with Gasteiger partial charge >= 0.3 is 5.97 Å². The van der Waals surface area contributed by atoms with Crippen molar-refractivity contribution in [3.05, 3.63) is 24.2 Å². The Bertz CT molecular complexity index is 548. The van der Waals surface area contributed by atoms with Crippen molar-refractivity contribution in [3.63, 3.8) is 0 Å². The predicted molar refractivity (Wildman–Crippen MR) is 61.8 cm³/mol. The fourth-order valence-electron chi connectivity index (χ4n) is 1.49. The number of nitrogens with zero attached hydrogens (tertiary/aromatic N) is 3. The van der Waals surface area contributed by atoms with E-state index in [1.54, 1.807) is 17.1 Å². The van der Waals surface area contributed by atoms with Gasteiger partial charge in [0.15, 0.2) is 0 Å². The van der Waals surface area contributed by atoms with Gasteiger partial charge in [0.2, 0.25) is 0 Å². The van der Waals surface area contributed by atoms with Gasteiger partial charge in [-0.2, -0.15) is 10.2 Å². The van der Waals surface area contributed by atoms with E-state index in [2.05, 4.69) is 15.3 Å². The summed E-state index contributed by atoms with van der Waals surface area (Å²) in [6.07, 6.45) is 4.73. The summed E-state index contributed by atoms with van der Waals surface area (Å²) in [6, 6.07) is 0. The van der Waals surface area contributed by atoms with Crippen molar-refractivity contribution in [1.82, 2.24) is 20.0 Å². The van der Waals surface area contributed by atoms with E-state index >= 15 is 0 Å². The number of nitrogens with one attached hydrogen (secondary N) is 1. The van der Waals surface area contributed by atoms with Crippen LogP contribution in [0.25, 0.3) is 11.3 Å². The normalized spacial score (nSPS) is 11.7. The lowest BCUT2D eigenvalue weighted by molar-refractivity contribution is 0.0698. The number of rotatable bonds is 2. The molecule has 0 amide bonds. The Morgan fingerprint density at radius 2 is 2.12 bits per heavy atom. The third-order valence-corrected chi connectivity index (χ3v) is 2.43. The SMILES string of the molecule is CC(C)(C)n1cc(-c2[nH]ncc2C(=O)O)cn1. The second-order valence-electron chi connectivity index (χ2n) is 4.81. The minimum Gasteiger partial charge on any atom is -0.478 e. The van der Waals surface area contributed by atoms with Crippen molar-refractivity contribution >= 4 is 5.97 Å². The molecule has 0 saturated heterocycles. The minimum absolute atomic E-state index is 0.137. The van der Waals surface area contributed by atoms with Crippen molar-refractivity contribution in [2.75, 3.05) is 0 Å². The lowest BCUT2D eigenvalue weighted by Gasteiger charge is -2.18. The van der Waals surface area contributed by atoms with Crippen LogP contribution >= 0.6 is 0 Å². The van der Waals surface area contributed by atoms with Gasteiger partial charge in [-0.1, -0.05) is 0 Å². The average molecular weight is 234 g/mol. The first-order chi connectivity index (χ1) is 7.89. The van der Waals surface area contributed by atoms with Crippen LogP contribution in [0.4, 0.5) is 0 Å². The zero-order chi connectivity index (χ0) is 12.6. The molecule has 0 saturated carbocycles. The first-order valence-electron chi connectivity index (χ1n) is 5.22. The molecule has 2 N–H and O–H groups in total. The highest BCUT2D eigenvalue weighted by atomic mass is 16.4. The number of aromatic carboxylic acids is 1. The van der Waals surface area contributed by atoms with Gasteiger partial charge in [0.25, 0.3) is 0 Å². The zero-order valence-corrected chi connectivity index (χ0v) is 9.93. The lowest BCUT2D eigenvalue weighted by Crippen LogP contribution is -2.21. The van der Waals surface area contributed by atoms with Gasteiger partial charge in [-0.15, -0.1) is 0 Å². The lowest BCUT2D eigenvalue weighted by atomic mass is 10.1. The molecule has 6 heteroatoms. The molecule has 6 nitrogen and oxygen atoms in total. The van der Waals surface area contributed by atoms with Crippen LogP contribution < -0.4 is 0 Å². The Morgan fingerprint density at radius 3 is 2.65 bits per heavy atom. The topological polar surface area (TPSA) is 83.8 Å². The molecule has 17 heavy (non-hydrogen) atoms. The van der Waals surface area contributed by atoms with Crippen molar-refractivity contribution in [1.29, 1.82) is 0 Å². The largest absolute Gasteiger partial charge is 0.478 e. The van der Waals surface area contributed by atoms with Crippen LogP contribution in [0.2, 0.25) is 0 Å². The highest BCUT2D eigenvalue weighted by molar-refractivity contribution is 5.94. The molecular formula is C11H14N4O2. The summed E-state index contributed by atoms with van der Waals surface area (Å²) in [7, 11) is 0. The molecule has 0 aromatic carbocycles. The van der Waals surface area contributed by atoms with Crippen LogP contribution in [0.15, 0.2) is 18.6 Å². The summed E-state index contributed by atoms with van der Waals surface area (Å²) in [5.74, 6) is -1.00. The summed E-state index contributed by atoms with van der Waals surface area (Å²) < 4.78 is 1.79. The van der Waals surface area contributed by atoms with E-state index in [4.69, 9.17) is 5.11 Å². The summed E-state index contributed by atoms with van der Waals surface area (Å²) in [4.78, 5) is 11.0. The maximum atomic E-state index is 11.0. The van der Waals surface area contributed by atoms with Crippen LogP contribution in [0, 0.1) is 0 Å². The number of hydrogen-bond donors (Lipinski definition) is 2. The van der Waals surface area contributed by atoms with E-state index in [0.29, 0.717) is 5.69 Å². The van der Waals surface area contributed by atoms with Crippen molar-refractivity contribution in [2.45, 2.75) is 26.3 Å². The maximum absolute atomic E-state index is 11.0. The third kappa shape index (κ3) is 2.06. The summed E-state index contributed by atoms with van der Waals surface area (Å²) in [5, 5.41) is 19.6. The molecule has 2 rings (SSSR count). The Kier molecular flexibility index (Phi) is 2.49. The Hall–Kier alpha value is -2.11. The first kappa shape index (κ1) is 11.4. The molecule has 2 heterocycles. The molecule has 0 spiro atoms. The van der Waals surface area contributed by atoms with Crippen LogP contribution in [0.1, 0.15) is 31.1 Å². The highest BCUT2D eigenvalue weighted by Crippen LogP contribution is 2.23. The van der Waals surface area contributed by atoms with E-state index in [1.165, 1.54) is 6.20 Å². The molecule has 0 radical (unpaired) electrons. The molecule has 0 fully saturated rings. The molecule has 90 valence electrons. The zero-order valence-electron chi connectivity index (χ0n) is 9.93. The number of aromatic amines is 1. The molecule has 2 aromatic heterocycles. The second-order valence-corrected chi connectivity index (χ2v) is 4.81. The molecule has 2 aromatic rings. The molecule has 0 aliphatic heterocycles. The summed E-state index contributed by atoms with van der Waals surface area (Å²) >= 11 is 0. The number of aromatic nitrogens is 4. The Morgan fingerprint density at radius 1 is 1.41 bits per heavy atom. The predicted octanol–water partition coefficient (Wildman–Crippen LogP) is 1.73. The quantitative estimate of drug-likeness (QED) is 0.828. The number of H-pyrrole nitrogens is 1. The number of carbonyl (C=O) groups is 1. The van der Waals surface area contributed by atoms with E-state index in [0.717, 1.165) is 5.56 Å². The Balaban J connectivity index is 2.44. The van der Waals surface area contributed by atoms with Gasteiger partial charge in [-0.3, -0.25) is 9.78 Å². The van der Waals surface area contributed by atoms with E-state index in [1.807, 2.05) is 20.8 Å². The van der Waals surface area contributed by atoms with Crippen LogP contribution in [0.5, 0.6) is 0 Å². The fourth-order valence-corrected chi connectivity index (χ4v) is 1.49. The van der Waals surface area contributed by atoms with Gasteiger partial charge in [0.1, 0.15) is 5.56 Å². The Labute approximate surface area is 98.3 Å². The van der Waals surface area contributed by atoms with Gasteiger partial charge < -0.3 is 5.11 Å². The van der Waals surface area contributed by atoms with Gasteiger partial charge in [-0.05, 0) is 20.8 Å². The fraction of sp³-hybridized carbons (Fsp3) is 0.364. The van der Waals surface area contributed by atoms with Gasteiger partial charge in [-0.25, -0.2) is 4.79 Å². The molecule has 0 unspecified atom stereocenters. The molecule has 0 atom stereocenters. The van der Waals surface area contributed by atoms with Gasteiger partial charge in [0.05, 0.1) is 23.6 Å². The van der Waals surface area contributed by atoms with Crippen molar-refractivity contribution < 1.29 is 9.90 Å². The van der Waals surface area contributed by atoms with Crippen LogP contribution in [-0.2, 0) is 5.54 Å². The second kappa shape index (κ2) is 3.73. The molecule has 0 aliphatic carbocycles. The third-order valence-electron chi connectivity index (χ3n) is 2.43. The monoisotopic (exact) mass is 234 g/mol. The van der Waals surface area contributed by atoms with Crippen LogP contribution in [0.3, 0.4) is 0 Å². The highest BCUT2D eigenvalue weighted by Gasteiger charge is 2.18. The number of carboxylic acids is 1. The maximum Gasteiger partial charge on any atom is 0.339 e. The van der Waals surface area contributed by atoms with E-state index < -0.39 is 5.97 Å². The van der Waals surface area contributed by atoms with Gasteiger partial charge in [0, 0.05) is 11.8 Å². The molecule has 0 aliphatic rings. The van der Waals surface area contributed by atoms with Crippen molar-refractivity contribution in [2.24, 2.45) is 0 Å². The molecular weight excluding hydrogens is 220 g/mol. The average Bonchev–Trinajstić information content (AvgIpc) is 2.85. The van der Waals surface area contributed by atoms with E-state index in [9.17, 15) is 4.79 Å². The molecule has 0 bridgehead atoms. The number of hydrogen-bond acceptors (Lipinski definition) is 3. The smallest absolute Gasteiger partial charge is 0.339 e. The van der Waals surface area contributed by atoms with E-state index in [-0.39, 0.29) is 11.1 Å². The van der Waals surface area contributed by atoms with Crippen molar-refractivity contribution in [3.8, 4) is 11.3 Å². The number of carboxylic acid groups (broad SMARTS) is 1. The van der Waals surface area contributed by atoms with Crippen LogP contribution in [-0.4, -0.2) is 31.1 Å². The first-order valence-corrected chi connectivity index (χ1v) is 5.22. The summed E-state index contributed by atoms with van der Waals surface area (Å²) in [6.45, 7) is 6.07.